The molecule has 19 heavy (non-hydrogen) atoms. The molecule has 2 aromatic rings. The summed E-state index contributed by atoms with van der Waals surface area (Å²) >= 11 is 3.55. The lowest BCUT2D eigenvalue weighted by Gasteiger charge is -2.10. The second-order valence-electron chi connectivity index (χ2n) is 5.49. The summed E-state index contributed by atoms with van der Waals surface area (Å²) in [5, 5.41) is 9.31. The molecular weight excluding hydrogens is 278 g/mol. The molecule has 0 N–H and O–H groups in total. The van der Waals surface area contributed by atoms with Crippen LogP contribution in [0.3, 0.4) is 0 Å². The molecule has 0 aliphatic heterocycles. The smallest absolute Gasteiger partial charge is 0.226 e. The summed E-state index contributed by atoms with van der Waals surface area (Å²) in [6, 6.07) is 0. The summed E-state index contributed by atoms with van der Waals surface area (Å²) in [7, 11) is 0. The monoisotopic (exact) mass is 297 g/mol. The zero-order valence-electron chi connectivity index (χ0n) is 12.0. The molecule has 104 valence electrons. The Kier molecular flexibility index (Phi) is 4.30. The Bertz CT molecular complexity index is 554. The van der Waals surface area contributed by atoms with Crippen LogP contribution in [0.2, 0.25) is 0 Å². The topological polar surface area (TPSA) is 51.8 Å². The molecule has 0 saturated heterocycles. The summed E-state index contributed by atoms with van der Waals surface area (Å²) in [6.07, 6.45) is 0. The van der Waals surface area contributed by atoms with E-state index < -0.39 is 0 Å². The average Bonchev–Trinajstić information content (AvgIpc) is 2.86. The van der Waals surface area contributed by atoms with Crippen molar-refractivity contribution in [3.05, 3.63) is 27.4 Å². The Balaban J connectivity index is 1.89. The van der Waals surface area contributed by atoms with Gasteiger partial charge in [0.15, 0.2) is 0 Å². The molecule has 0 aliphatic carbocycles. The number of hydrogen-bond donors (Lipinski definition) is 0. The van der Waals surface area contributed by atoms with Gasteiger partial charge >= 0.3 is 0 Å². The summed E-state index contributed by atoms with van der Waals surface area (Å²) < 4.78 is 5.67. The molecule has 0 radical (unpaired) electrons. The van der Waals surface area contributed by atoms with Crippen molar-refractivity contribution < 1.29 is 4.42 Å². The summed E-state index contributed by atoms with van der Waals surface area (Å²) in [5.74, 6) is 3.10. The van der Waals surface area contributed by atoms with Crippen LogP contribution in [0.4, 0.5) is 0 Å². The van der Waals surface area contributed by atoms with E-state index in [9.17, 15) is 0 Å². The minimum atomic E-state index is -0.0821. The van der Waals surface area contributed by atoms with E-state index in [4.69, 9.17) is 4.42 Å². The van der Waals surface area contributed by atoms with Crippen LogP contribution in [0.1, 0.15) is 48.1 Å². The number of aryl methyl sites for hydroxylation is 2. The van der Waals surface area contributed by atoms with Crippen LogP contribution in [0.15, 0.2) is 4.42 Å². The van der Waals surface area contributed by atoms with E-state index in [0.29, 0.717) is 11.8 Å². The van der Waals surface area contributed by atoms with Crippen molar-refractivity contribution in [1.29, 1.82) is 0 Å². The lowest BCUT2D eigenvalue weighted by Crippen LogP contribution is -2.11. The van der Waals surface area contributed by atoms with Gasteiger partial charge in [-0.25, -0.2) is 4.98 Å². The predicted molar refractivity (Wildman–Crippen MR) is 79.6 cm³/mol. The van der Waals surface area contributed by atoms with Gasteiger partial charge in [0.1, 0.15) is 0 Å². The zero-order valence-corrected chi connectivity index (χ0v) is 13.6. The van der Waals surface area contributed by atoms with Crippen LogP contribution in [0.5, 0.6) is 0 Å². The minimum Gasteiger partial charge on any atom is -0.424 e. The van der Waals surface area contributed by atoms with Gasteiger partial charge in [-0.05, 0) is 13.8 Å². The zero-order chi connectivity index (χ0) is 14.0. The largest absolute Gasteiger partial charge is 0.424 e. The standard InChI is InChI=1S/C13H19N3OS2/c1-8-10(19-9(2)14-8)6-18-7-11-15-16-12(17-11)13(3,4)5/h6-7H2,1-5H3. The van der Waals surface area contributed by atoms with E-state index >= 15 is 0 Å². The van der Waals surface area contributed by atoms with Gasteiger partial charge in [0.2, 0.25) is 11.8 Å². The fourth-order valence-corrected chi connectivity index (χ4v) is 3.56. The predicted octanol–water partition coefficient (Wildman–Crippen LogP) is 3.87. The third-order valence-electron chi connectivity index (χ3n) is 2.57. The molecule has 0 bridgehead atoms. The van der Waals surface area contributed by atoms with Gasteiger partial charge in [0, 0.05) is 16.0 Å². The van der Waals surface area contributed by atoms with E-state index in [1.54, 1.807) is 23.1 Å². The maximum Gasteiger partial charge on any atom is 0.226 e. The Labute approximate surface area is 122 Å². The van der Waals surface area contributed by atoms with Crippen LogP contribution in [0.25, 0.3) is 0 Å². The summed E-state index contributed by atoms with van der Waals surface area (Å²) in [4.78, 5) is 5.76. The molecule has 6 heteroatoms. The molecule has 0 amide bonds. The third-order valence-corrected chi connectivity index (χ3v) is 4.77. The maximum atomic E-state index is 5.67. The van der Waals surface area contributed by atoms with E-state index in [2.05, 4.69) is 42.9 Å². The molecule has 0 atom stereocenters. The Morgan fingerprint density at radius 3 is 2.42 bits per heavy atom. The maximum absolute atomic E-state index is 5.67. The Morgan fingerprint density at radius 1 is 1.16 bits per heavy atom. The fraction of sp³-hybridized carbons (Fsp3) is 0.615. The SMILES string of the molecule is Cc1nc(C)c(CSCc2nnc(C(C)(C)C)o2)s1. The van der Waals surface area contributed by atoms with Crippen LogP contribution < -0.4 is 0 Å². The van der Waals surface area contributed by atoms with Crippen molar-refractivity contribution >= 4 is 23.1 Å². The molecule has 0 aliphatic rings. The number of aromatic nitrogens is 3. The summed E-state index contributed by atoms with van der Waals surface area (Å²) in [6.45, 7) is 10.3. The van der Waals surface area contributed by atoms with E-state index in [1.165, 1.54) is 4.88 Å². The van der Waals surface area contributed by atoms with Crippen LogP contribution >= 0.6 is 23.1 Å². The highest BCUT2D eigenvalue weighted by Crippen LogP contribution is 2.26. The Hall–Kier alpha value is -0.880. The lowest BCUT2D eigenvalue weighted by molar-refractivity contribution is 0.378. The quantitative estimate of drug-likeness (QED) is 0.857. The van der Waals surface area contributed by atoms with Gasteiger partial charge in [0.25, 0.3) is 0 Å². The third kappa shape index (κ3) is 3.79. The van der Waals surface area contributed by atoms with E-state index in [-0.39, 0.29) is 5.41 Å². The van der Waals surface area contributed by atoms with Crippen molar-refractivity contribution in [2.75, 3.05) is 0 Å². The van der Waals surface area contributed by atoms with Crippen molar-refractivity contribution in [2.24, 2.45) is 0 Å². The molecule has 4 nitrogen and oxygen atoms in total. The van der Waals surface area contributed by atoms with Crippen molar-refractivity contribution in [1.82, 2.24) is 15.2 Å². The molecular formula is C13H19N3OS2. The highest BCUT2D eigenvalue weighted by atomic mass is 32.2. The van der Waals surface area contributed by atoms with Gasteiger partial charge in [-0.1, -0.05) is 20.8 Å². The molecule has 2 aromatic heterocycles. The van der Waals surface area contributed by atoms with E-state index in [0.717, 1.165) is 22.2 Å². The van der Waals surface area contributed by atoms with Crippen LogP contribution in [-0.2, 0) is 16.9 Å². The molecule has 0 unspecified atom stereocenters. The van der Waals surface area contributed by atoms with Crippen molar-refractivity contribution in [3.8, 4) is 0 Å². The first-order valence-corrected chi connectivity index (χ1v) is 8.17. The highest BCUT2D eigenvalue weighted by molar-refractivity contribution is 7.97. The average molecular weight is 297 g/mol. The van der Waals surface area contributed by atoms with Crippen molar-refractivity contribution in [2.45, 2.75) is 51.5 Å². The first-order chi connectivity index (χ1) is 8.86. The number of thioether (sulfide) groups is 1. The first kappa shape index (κ1) is 14.5. The second kappa shape index (κ2) is 5.63. The molecule has 0 aromatic carbocycles. The molecule has 2 heterocycles. The molecule has 0 fully saturated rings. The van der Waals surface area contributed by atoms with Crippen LogP contribution in [-0.4, -0.2) is 15.2 Å². The lowest BCUT2D eigenvalue weighted by atomic mass is 9.97. The first-order valence-electron chi connectivity index (χ1n) is 6.20. The normalized spacial score (nSPS) is 12.1. The number of rotatable bonds is 4. The molecule has 2 rings (SSSR count). The summed E-state index contributed by atoms with van der Waals surface area (Å²) in [5.41, 5.74) is 1.05. The van der Waals surface area contributed by atoms with Gasteiger partial charge in [0.05, 0.1) is 16.5 Å². The Morgan fingerprint density at radius 2 is 1.89 bits per heavy atom. The number of thiazole rings is 1. The fourth-order valence-electron chi connectivity index (χ4n) is 1.55. The van der Waals surface area contributed by atoms with Crippen molar-refractivity contribution in [3.63, 3.8) is 0 Å². The minimum absolute atomic E-state index is 0.0821. The van der Waals surface area contributed by atoms with Gasteiger partial charge in [-0.2, -0.15) is 0 Å². The van der Waals surface area contributed by atoms with Gasteiger partial charge < -0.3 is 4.42 Å². The van der Waals surface area contributed by atoms with Gasteiger partial charge in [-0.15, -0.1) is 33.3 Å². The molecule has 0 spiro atoms. The van der Waals surface area contributed by atoms with E-state index in [1.807, 2.05) is 6.92 Å². The highest BCUT2D eigenvalue weighted by Gasteiger charge is 2.21. The molecule has 0 saturated carbocycles. The van der Waals surface area contributed by atoms with Gasteiger partial charge in [-0.3, -0.25) is 0 Å². The second-order valence-corrected chi connectivity index (χ2v) is 7.76. The number of nitrogens with zero attached hydrogens (tertiary/aromatic N) is 3. The number of hydrogen-bond acceptors (Lipinski definition) is 6. The van der Waals surface area contributed by atoms with Crippen LogP contribution in [0, 0.1) is 13.8 Å².